The number of hydrogen-bond acceptors (Lipinski definition) is 4. The SMILES string of the molecule is Cc1ccc2nc(NC(=O)C[C@@H](NC(=O)c3ccccc3)c3ccccc3)sc2c1. The number of rotatable bonds is 6. The Kier molecular flexibility index (Phi) is 5.86. The van der Waals surface area contributed by atoms with Gasteiger partial charge in [0.25, 0.3) is 5.91 Å². The average Bonchev–Trinajstić information content (AvgIpc) is 3.15. The molecule has 3 aromatic carbocycles. The molecular formula is C24H21N3O2S. The number of benzene rings is 3. The minimum absolute atomic E-state index is 0.109. The molecule has 0 saturated carbocycles. The molecule has 0 aliphatic rings. The Morgan fingerprint density at radius 2 is 1.67 bits per heavy atom. The van der Waals surface area contributed by atoms with E-state index in [9.17, 15) is 9.59 Å². The molecule has 150 valence electrons. The molecule has 0 spiro atoms. The van der Waals surface area contributed by atoms with Gasteiger partial charge >= 0.3 is 0 Å². The quantitative estimate of drug-likeness (QED) is 0.460. The molecule has 1 atom stereocenters. The van der Waals surface area contributed by atoms with Crippen molar-refractivity contribution in [2.24, 2.45) is 0 Å². The fraction of sp³-hybridized carbons (Fsp3) is 0.125. The van der Waals surface area contributed by atoms with E-state index in [-0.39, 0.29) is 18.2 Å². The lowest BCUT2D eigenvalue weighted by Gasteiger charge is -2.19. The average molecular weight is 416 g/mol. The summed E-state index contributed by atoms with van der Waals surface area (Å²) >= 11 is 1.44. The first kappa shape index (κ1) is 19.8. The van der Waals surface area contributed by atoms with Gasteiger partial charge in [0.1, 0.15) is 0 Å². The third kappa shape index (κ3) is 4.72. The minimum Gasteiger partial charge on any atom is -0.345 e. The number of nitrogens with one attached hydrogen (secondary N) is 2. The van der Waals surface area contributed by atoms with Gasteiger partial charge in [-0.15, -0.1) is 0 Å². The predicted octanol–water partition coefficient (Wildman–Crippen LogP) is 5.10. The van der Waals surface area contributed by atoms with Crippen LogP contribution in [0.1, 0.15) is 33.9 Å². The molecule has 30 heavy (non-hydrogen) atoms. The van der Waals surface area contributed by atoms with Gasteiger partial charge in [-0.2, -0.15) is 0 Å². The van der Waals surface area contributed by atoms with Crippen LogP contribution in [0.3, 0.4) is 0 Å². The fourth-order valence-corrected chi connectivity index (χ4v) is 4.19. The van der Waals surface area contributed by atoms with E-state index in [0.717, 1.165) is 21.3 Å². The molecular weight excluding hydrogens is 394 g/mol. The number of thiazole rings is 1. The molecule has 4 rings (SSSR count). The van der Waals surface area contributed by atoms with Crippen molar-refractivity contribution in [1.29, 1.82) is 0 Å². The highest BCUT2D eigenvalue weighted by Gasteiger charge is 2.20. The van der Waals surface area contributed by atoms with E-state index in [1.165, 1.54) is 11.3 Å². The zero-order chi connectivity index (χ0) is 20.9. The van der Waals surface area contributed by atoms with Crippen LogP contribution in [0.25, 0.3) is 10.2 Å². The summed E-state index contributed by atoms with van der Waals surface area (Å²) in [4.78, 5) is 29.9. The summed E-state index contributed by atoms with van der Waals surface area (Å²) in [5.74, 6) is -0.416. The number of fused-ring (bicyclic) bond motifs is 1. The van der Waals surface area contributed by atoms with E-state index in [2.05, 4.69) is 21.7 Å². The van der Waals surface area contributed by atoms with Gasteiger partial charge in [0.2, 0.25) is 5.91 Å². The van der Waals surface area contributed by atoms with Crippen molar-refractivity contribution in [2.75, 3.05) is 5.32 Å². The van der Waals surface area contributed by atoms with Crippen molar-refractivity contribution < 1.29 is 9.59 Å². The molecule has 0 radical (unpaired) electrons. The molecule has 5 nitrogen and oxygen atoms in total. The number of nitrogens with zero attached hydrogens (tertiary/aromatic N) is 1. The number of aryl methyl sites for hydroxylation is 1. The van der Waals surface area contributed by atoms with Gasteiger partial charge in [-0.1, -0.05) is 65.9 Å². The smallest absolute Gasteiger partial charge is 0.251 e. The lowest BCUT2D eigenvalue weighted by molar-refractivity contribution is -0.116. The number of amides is 2. The second-order valence-corrected chi connectivity index (χ2v) is 8.08. The topological polar surface area (TPSA) is 71.1 Å². The molecule has 2 amide bonds. The molecule has 0 fully saturated rings. The maximum Gasteiger partial charge on any atom is 0.251 e. The first-order valence-electron chi connectivity index (χ1n) is 9.66. The third-order valence-electron chi connectivity index (χ3n) is 4.72. The summed E-state index contributed by atoms with van der Waals surface area (Å²) in [5.41, 5.74) is 3.44. The molecule has 6 heteroatoms. The van der Waals surface area contributed by atoms with Crippen LogP contribution in [0.5, 0.6) is 0 Å². The third-order valence-corrected chi connectivity index (χ3v) is 5.66. The van der Waals surface area contributed by atoms with E-state index in [0.29, 0.717) is 10.7 Å². The molecule has 0 unspecified atom stereocenters. The summed E-state index contributed by atoms with van der Waals surface area (Å²) in [5, 5.41) is 6.42. The van der Waals surface area contributed by atoms with Crippen molar-refractivity contribution >= 4 is 38.5 Å². The van der Waals surface area contributed by atoms with Gasteiger partial charge in [0, 0.05) is 5.56 Å². The highest BCUT2D eigenvalue weighted by Crippen LogP contribution is 2.27. The fourth-order valence-electron chi connectivity index (χ4n) is 3.21. The van der Waals surface area contributed by atoms with Crippen LogP contribution in [0.4, 0.5) is 5.13 Å². The van der Waals surface area contributed by atoms with Crippen LogP contribution >= 0.6 is 11.3 Å². The van der Waals surface area contributed by atoms with Gasteiger partial charge in [-0.3, -0.25) is 9.59 Å². The highest BCUT2D eigenvalue weighted by molar-refractivity contribution is 7.22. The van der Waals surface area contributed by atoms with E-state index >= 15 is 0 Å². The second-order valence-electron chi connectivity index (χ2n) is 7.05. The number of carbonyl (C=O) groups excluding carboxylic acids is 2. The number of aromatic nitrogens is 1. The van der Waals surface area contributed by atoms with Crippen molar-refractivity contribution in [3.63, 3.8) is 0 Å². The second kappa shape index (κ2) is 8.88. The Balaban J connectivity index is 1.50. The van der Waals surface area contributed by atoms with E-state index in [4.69, 9.17) is 0 Å². The Hall–Kier alpha value is -3.51. The van der Waals surface area contributed by atoms with Crippen LogP contribution in [0, 0.1) is 6.92 Å². The summed E-state index contributed by atoms with van der Waals surface area (Å²) in [7, 11) is 0. The standard InChI is InChI=1S/C24H21N3O2S/c1-16-12-13-19-21(14-16)30-24(26-19)27-22(28)15-20(17-8-4-2-5-9-17)25-23(29)18-10-6-3-7-11-18/h2-14,20H,15H2,1H3,(H,25,29)(H,26,27,28)/t20-/m1/s1. The van der Waals surface area contributed by atoms with Crippen molar-refractivity contribution in [1.82, 2.24) is 10.3 Å². The van der Waals surface area contributed by atoms with Crippen LogP contribution in [0.2, 0.25) is 0 Å². The molecule has 1 heterocycles. The van der Waals surface area contributed by atoms with E-state index < -0.39 is 6.04 Å². The zero-order valence-electron chi connectivity index (χ0n) is 16.5. The molecule has 0 aliphatic carbocycles. The normalized spacial score (nSPS) is 11.8. The lowest BCUT2D eigenvalue weighted by atomic mass is 10.0. The van der Waals surface area contributed by atoms with Crippen LogP contribution < -0.4 is 10.6 Å². The summed E-state index contributed by atoms with van der Waals surface area (Å²) in [6, 6.07) is 24.0. The molecule has 0 saturated heterocycles. The number of carbonyl (C=O) groups is 2. The molecule has 0 bridgehead atoms. The van der Waals surface area contributed by atoms with Crippen LogP contribution in [-0.2, 0) is 4.79 Å². The van der Waals surface area contributed by atoms with Crippen molar-refractivity contribution in [3.8, 4) is 0 Å². The van der Waals surface area contributed by atoms with Gasteiger partial charge in [0.15, 0.2) is 5.13 Å². The lowest BCUT2D eigenvalue weighted by Crippen LogP contribution is -2.31. The first-order valence-corrected chi connectivity index (χ1v) is 10.5. The first-order chi connectivity index (χ1) is 14.6. The summed E-state index contributed by atoms with van der Waals surface area (Å²) in [6.07, 6.45) is 0.109. The van der Waals surface area contributed by atoms with Crippen molar-refractivity contribution in [2.45, 2.75) is 19.4 Å². The maximum absolute atomic E-state index is 12.8. The van der Waals surface area contributed by atoms with Gasteiger partial charge in [-0.25, -0.2) is 4.98 Å². The minimum atomic E-state index is -0.449. The Morgan fingerprint density at radius 1 is 0.967 bits per heavy atom. The zero-order valence-corrected chi connectivity index (χ0v) is 17.3. The number of anilines is 1. The largest absolute Gasteiger partial charge is 0.345 e. The highest BCUT2D eigenvalue weighted by atomic mass is 32.1. The van der Waals surface area contributed by atoms with E-state index in [1.54, 1.807) is 12.1 Å². The molecule has 0 aliphatic heterocycles. The predicted molar refractivity (Wildman–Crippen MR) is 121 cm³/mol. The maximum atomic E-state index is 12.8. The van der Waals surface area contributed by atoms with E-state index in [1.807, 2.05) is 67.6 Å². The molecule has 2 N–H and O–H groups in total. The summed E-state index contributed by atoms with van der Waals surface area (Å²) < 4.78 is 1.03. The van der Waals surface area contributed by atoms with Gasteiger partial charge < -0.3 is 10.6 Å². The molecule has 1 aromatic heterocycles. The van der Waals surface area contributed by atoms with Crippen LogP contribution in [-0.4, -0.2) is 16.8 Å². The summed E-state index contributed by atoms with van der Waals surface area (Å²) in [6.45, 7) is 2.03. The number of hydrogen-bond donors (Lipinski definition) is 2. The van der Waals surface area contributed by atoms with Crippen molar-refractivity contribution in [3.05, 3.63) is 95.6 Å². The Labute approximate surface area is 178 Å². The van der Waals surface area contributed by atoms with Gasteiger partial charge in [-0.05, 0) is 42.3 Å². The Morgan fingerprint density at radius 3 is 2.40 bits per heavy atom. The molecule has 4 aromatic rings. The van der Waals surface area contributed by atoms with Gasteiger partial charge in [0.05, 0.1) is 22.7 Å². The monoisotopic (exact) mass is 415 g/mol. The van der Waals surface area contributed by atoms with Crippen LogP contribution in [0.15, 0.2) is 78.9 Å². The Bertz CT molecular complexity index is 1170.